The van der Waals surface area contributed by atoms with Crippen LogP contribution < -0.4 is 0 Å². The fourth-order valence-corrected chi connectivity index (χ4v) is 4.79. The predicted octanol–water partition coefficient (Wildman–Crippen LogP) is 13.1. The van der Waals surface area contributed by atoms with Gasteiger partial charge in [-0.3, -0.25) is 0 Å². The second kappa shape index (κ2) is 14.4. The summed E-state index contributed by atoms with van der Waals surface area (Å²) in [5.74, 6) is -121. The molecule has 0 heterocycles. The van der Waals surface area contributed by atoms with E-state index in [4.69, 9.17) is 0 Å². The van der Waals surface area contributed by atoms with E-state index in [1.54, 1.807) is 0 Å². The van der Waals surface area contributed by atoms with E-state index < -0.39 is 144 Å². The van der Waals surface area contributed by atoms with Crippen molar-refractivity contribution < 1.29 is 153 Å². The molecular weight excluding hydrogens is 966 g/mol. The molecule has 57 heavy (non-hydrogen) atoms. The molecule has 0 fully saturated rings. The van der Waals surface area contributed by atoms with E-state index >= 15 is 0 Å². The lowest BCUT2D eigenvalue weighted by Crippen LogP contribution is -2.75. The van der Waals surface area contributed by atoms with E-state index in [0.29, 0.717) is 0 Å². The third-order valence-corrected chi connectivity index (χ3v) is 8.68. The highest BCUT2D eigenvalue weighted by Gasteiger charge is 2.97. The average Bonchev–Trinajstić information content (AvgIpc) is 2.98. The molecule has 344 valence electrons. The van der Waals surface area contributed by atoms with E-state index in [-0.39, 0.29) is 0 Å². The van der Waals surface area contributed by atoms with Crippen LogP contribution in [0.15, 0.2) is 0 Å². The largest absolute Gasteiger partial charge is 0.460 e. The Hall–Kier alpha value is -1.72. The Kier molecular flexibility index (Phi) is 14.0. The van der Waals surface area contributed by atoms with E-state index in [1.165, 1.54) is 0 Å². The van der Waals surface area contributed by atoms with Crippen molar-refractivity contribution in [1.82, 2.24) is 0 Å². The van der Waals surface area contributed by atoms with Crippen LogP contribution in [-0.2, 0) is 3.63 Å². The monoisotopic (exact) mass is 974 g/mol. The summed E-state index contributed by atoms with van der Waals surface area (Å²) < 4.78 is 458. The molecule has 0 spiro atoms. The summed E-state index contributed by atoms with van der Waals surface area (Å²) in [6.07, 6.45) is -16.2. The first kappa shape index (κ1) is 55.3. The fourth-order valence-electron chi connectivity index (χ4n) is 3.12. The summed E-state index contributed by atoms with van der Waals surface area (Å²) in [6.45, 7) is -1.72. The van der Waals surface area contributed by atoms with Crippen LogP contribution >= 0.6 is 24.1 Å². The molecule has 0 bridgehead atoms. The minimum atomic E-state index is -9.13. The number of alkyl halides is 34. The summed E-state index contributed by atoms with van der Waals surface area (Å²) in [5.41, 5.74) is 0. The number of hydrogen-bond acceptors (Lipinski definition) is 3. The maximum Gasteiger partial charge on any atom is 0.460 e. The molecule has 37 heteroatoms. The van der Waals surface area contributed by atoms with Gasteiger partial charge in [-0.25, -0.2) is 3.63 Å². The van der Waals surface area contributed by atoms with Gasteiger partial charge in [0.1, 0.15) is 0 Å². The minimum Gasteiger partial charge on any atom is -0.246 e. The summed E-state index contributed by atoms with van der Waals surface area (Å²) >= 11 is -4.07. The third kappa shape index (κ3) is 7.33. The Morgan fingerprint density at radius 1 is 0.246 bits per heavy atom. The Bertz CT molecular complexity index is 1300. The molecule has 1 nitrogen and oxygen atoms in total. The number of halogens is 34. The molecule has 0 amide bonds. The molecule has 2 unspecified atom stereocenters. The first-order valence-electron chi connectivity index (χ1n) is 12.5. The van der Waals surface area contributed by atoms with Crippen LogP contribution in [0, 0.1) is 0 Å². The molecule has 2 atom stereocenters. The number of hydrogen-bond donors (Lipinski definition) is 0. The number of rotatable bonds is 18. The molecule has 0 aliphatic rings. The van der Waals surface area contributed by atoms with Gasteiger partial charge in [-0.05, 0) is 13.8 Å². The second-order valence-electron chi connectivity index (χ2n) is 10.7. The lowest BCUT2D eigenvalue weighted by atomic mass is 9.88. The fraction of sp³-hybridized carbons (Fsp3) is 1.00. The Labute approximate surface area is 297 Å². The van der Waals surface area contributed by atoms with Crippen LogP contribution in [-0.4, -0.2) is 106 Å². The summed E-state index contributed by atoms with van der Waals surface area (Å²) in [4.78, 5) is 0. The van der Waals surface area contributed by atoms with Crippen molar-refractivity contribution in [3.8, 4) is 0 Å². The normalized spacial score (nSPS) is 17.9. The van der Waals surface area contributed by atoms with Crippen molar-refractivity contribution >= 4 is 24.1 Å². The van der Waals surface area contributed by atoms with E-state index in [2.05, 4.69) is 3.63 Å². The molecule has 0 aromatic rings. The maximum atomic E-state index is 14.2. The van der Waals surface area contributed by atoms with Crippen LogP contribution in [0.1, 0.15) is 13.8 Å². The average molecular weight is 974 g/mol. The van der Waals surface area contributed by atoms with E-state index in [9.17, 15) is 149 Å². The highest BCUT2D eigenvalue weighted by atomic mass is 32.2. The zero-order chi connectivity index (χ0) is 47.3. The first-order valence-corrected chi connectivity index (χ1v) is 14.1. The van der Waals surface area contributed by atoms with Crippen LogP contribution in [0.4, 0.5) is 149 Å². The molecule has 0 aliphatic heterocycles. The molecule has 0 aromatic heterocycles. The van der Waals surface area contributed by atoms with Crippen molar-refractivity contribution in [3.63, 3.8) is 0 Å². The molecule has 0 rings (SSSR count). The van der Waals surface area contributed by atoms with Gasteiger partial charge in [0.2, 0.25) is 0 Å². The Morgan fingerprint density at radius 2 is 0.386 bits per heavy atom. The van der Waals surface area contributed by atoms with Gasteiger partial charge >= 0.3 is 95.3 Å². The molecule has 0 saturated heterocycles. The van der Waals surface area contributed by atoms with Gasteiger partial charge in [0.25, 0.3) is 0 Å². The molecule has 0 aliphatic carbocycles. The van der Waals surface area contributed by atoms with Crippen molar-refractivity contribution in [2.24, 2.45) is 0 Å². The van der Waals surface area contributed by atoms with Crippen molar-refractivity contribution in [3.05, 3.63) is 0 Å². The van der Waals surface area contributed by atoms with Crippen LogP contribution in [0.25, 0.3) is 0 Å². The topological polar surface area (TPSA) is 9.23 Å². The van der Waals surface area contributed by atoms with Crippen LogP contribution in [0.2, 0.25) is 0 Å². The third-order valence-electron chi connectivity index (χ3n) is 6.88. The van der Waals surface area contributed by atoms with Crippen LogP contribution in [0.3, 0.4) is 0 Å². The highest BCUT2D eigenvalue weighted by Crippen LogP contribution is 2.67. The quantitative estimate of drug-likeness (QED) is 0.100. The smallest absolute Gasteiger partial charge is 0.246 e. The van der Waals surface area contributed by atoms with E-state index in [1.807, 2.05) is 0 Å². The summed E-state index contributed by atoms with van der Waals surface area (Å²) in [6, 6.07) is 0. The van der Waals surface area contributed by atoms with Crippen molar-refractivity contribution in [2.75, 3.05) is 0 Å². The van der Waals surface area contributed by atoms with Crippen molar-refractivity contribution in [2.45, 2.75) is 120 Å². The zero-order valence-electron chi connectivity index (χ0n) is 25.2. The molecule has 0 aromatic carbocycles. The van der Waals surface area contributed by atoms with Gasteiger partial charge < -0.3 is 0 Å². The predicted molar refractivity (Wildman–Crippen MR) is 117 cm³/mol. The maximum absolute atomic E-state index is 14.2. The Morgan fingerprint density at radius 3 is 0.544 bits per heavy atom. The van der Waals surface area contributed by atoms with Gasteiger partial charge in [-0.15, -0.1) is 0 Å². The van der Waals surface area contributed by atoms with Crippen LogP contribution in [0.5, 0.6) is 0 Å². The highest BCUT2D eigenvalue weighted by molar-refractivity contribution is 8.08. The second-order valence-corrected chi connectivity index (χ2v) is 13.0. The lowest BCUT2D eigenvalue weighted by molar-refractivity contribution is -0.461. The van der Waals surface area contributed by atoms with Gasteiger partial charge in [0.15, 0.2) is 0 Å². The lowest BCUT2D eigenvalue weighted by Gasteiger charge is -2.43. The van der Waals surface area contributed by atoms with Gasteiger partial charge in [0, 0.05) is 24.1 Å². The van der Waals surface area contributed by atoms with Gasteiger partial charge in [-0.2, -0.15) is 149 Å². The van der Waals surface area contributed by atoms with E-state index in [0.717, 1.165) is 0 Å². The zero-order valence-corrected chi connectivity index (χ0v) is 26.9. The molecule has 0 saturated carbocycles. The standard InChI is InChI=1S/C20H8F34OS2/c1-3(5(21,22)7(25,26)9(29,30)11(33,34)13(37,38)15(41,42)17(45,46)19(49,50)51)56-55-57-4(2)6(23,24)8(27,28)10(31,32)12(35,36)14(39,40)16(43,44)18(47,48)20(52,53)54/h3-4H,1-2H3. The van der Waals surface area contributed by atoms with Crippen molar-refractivity contribution in [1.29, 1.82) is 0 Å². The SMILES string of the molecule is CC(SOSC(C)C(F)(F)C(F)(F)C(F)(F)C(F)(F)C(F)(F)C(F)(F)C(F)(F)C(F)(F)F)C(F)(F)C(F)(F)C(F)(F)C(F)(F)C(F)(F)C(F)(F)C(F)(F)C(F)(F)F. The van der Waals surface area contributed by atoms with Gasteiger partial charge in [-0.1, -0.05) is 0 Å². The summed E-state index contributed by atoms with van der Waals surface area (Å²) in [7, 11) is 0. The molecule has 0 N–H and O–H groups in total. The first-order chi connectivity index (χ1) is 24.0. The summed E-state index contributed by atoms with van der Waals surface area (Å²) in [5, 5.41) is -8.84. The van der Waals surface area contributed by atoms with Gasteiger partial charge in [0.05, 0.1) is 10.5 Å². The molecular formula is C20H8F34OS2. The molecule has 0 radical (unpaired) electrons. The minimum absolute atomic E-state index is 0.858. The Balaban J connectivity index is 6.65.